The van der Waals surface area contributed by atoms with Gasteiger partial charge in [0.1, 0.15) is 11.6 Å². The molecule has 2 bridgehead atoms. The number of H-pyrrole nitrogens is 1. The number of methoxy groups -OCH3 is 1. The molecule has 34 heavy (non-hydrogen) atoms. The number of anilines is 2. The van der Waals surface area contributed by atoms with E-state index in [4.69, 9.17) is 10.00 Å². The van der Waals surface area contributed by atoms with Crippen LogP contribution in [0.5, 0.6) is 5.88 Å². The SMILES string of the molecule is COc1cc(Nc2cc(CO)[nH]n2)nc(CNC2CC3CCCC(C2)N3S(=O)(=O)CCC#N)n1. The van der Waals surface area contributed by atoms with E-state index >= 15 is 0 Å². The third kappa shape index (κ3) is 5.64. The first-order chi connectivity index (χ1) is 16.4. The molecule has 0 aromatic carbocycles. The summed E-state index contributed by atoms with van der Waals surface area (Å²) in [5, 5.41) is 31.4. The van der Waals surface area contributed by atoms with E-state index in [2.05, 4.69) is 30.8 Å². The van der Waals surface area contributed by atoms with Crippen molar-refractivity contribution in [3.05, 3.63) is 23.7 Å². The number of nitriles is 1. The third-order valence-corrected chi connectivity index (χ3v) is 8.22. The van der Waals surface area contributed by atoms with Gasteiger partial charge in [0.2, 0.25) is 15.9 Å². The predicted molar refractivity (Wildman–Crippen MR) is 124 cm³/mol. The van der Waals surface area contributed by atoms with Crippen LogP contribution in [-0.2, 0) is 23.2 Å². The lowest BCUT2D eigenvalue weighted by atomic mass is 9.84. The maximum absolute atomic E-state index is 12.8. The van der Waals surface area contributed by atoms with Crippen LogP contribution in [0.15, 0.2) is 12.1 Å². The monoisotopic (exact) mass is 490 g/mol. The molecular formula is C21H30N8O4S. The van der Waals surface area contributed by atoms with Crippen molar-refractivity contribution in [1.82, 2.24) is 29.8 Å². The minimum atomic E-state index is -3.43. The van der Waals surface area contributed by atoms with Gasteiger partial charge in [-0.05, 0) is 25.7 Å². The molecule has 184 valence electrons. The van der Waals surface area contributed by atoms with E-state index in [9.17, 15) is 13.5 Å². The Morgan fingerprint density at radius 2 is 2.03 bits per heavy atom. The van der Waals surface area contributed by atoms with Crippen molar-refractivity contribution >= 4 is 21.7 Å². The van der Waals surface area contributed by atoms with Crippen LogP contribution in [0.25, 0.3) is 0 Å². The Kier molecular flexibility index (Phi) is 7.62. The van der Waals surface area contributed by atoms with E-state index in [0.29, 0.717) is 48.4 Å². The Bertz CT molecular complexity index is 1120. The number of sulfonamides is 1. The van der Waals surface area contributed by atoms with Gasteiger partial charge in [0.05, 0.1) is 44.2 Å². The van der Waals surface area contributed by atoms with Crippen molar-refractivity contribution in [1.29, 1.82) is 5.26 Å². The fourth-order valence-corrected chi connectivity index (χ4v) is 6.68. The third-order valence-electron chi connectivity index (χ3n) is 6.27. The van der Waals surface area contributed by atoms with E-state index in [1.165, 1.54) is 7.11 Å². The molecule has 2 aliphatic heterocycles. The van der Waals surface area contributed by atoms with Gasteiger partial charge in [0, 0.05) is 30.3 Å². The van der Waals surface area contributed by atoms with Crippen molar-refractivity contribution in [3.8, 4) is 11.9 Å². The highest BCUT2D eigenvalue weighted by atomic mass is 32.2. The van der Waals surface area contributed by atoms with Crippen molar-refractivity contribution in [2.45, 2.75) is 69.8 Å². The molecule has 2 unspecified atom stereocenters. The van der Waals surface area contributed by atoms with Gasteiger partial charge in [0.25, 0.3) is 0 Å². The largest absolute Gasteiger partial charge is 0.481 e. The lowest BCUT2D eigenvalue weighted by molar-refractivity contribution is 0.0991. The number of fused-ring (bicyclic) bond motifs is 2. The van der Waals surface area contributed by atoms with Gasteiger partial charge in [-0.15, -0.1) is 0 Å². The summed E-state index contributed by atoms with van der Waals surface area (Å²) in [6, 6.07) is 5.34. The maximum atomic E-state index is 12.8. The van der Waals surface area contributed by atoms with Crippen molar-refractivity contribution in [2.24, 2.45) is 0 Å². The van der Waals surface area contributed by atoms with E-state index in [-0.39, 0.29) is 36.9 Å². The second kappa shape index (κ2) is 10.6. The second-order valence-electron chi connectivity index (χ2n) is 8.62. The molecule has 2 aliphatic rings. The molecule has 0 amide bonds. The van der Waals surface area contributed by atoms with Crippen LogP contribution in [0.1, 0.15) is 50.0 Å². The number of ether oxygens (including phenoxy) is 1. The molecule has 13 heteroatoms. The maximum Gasteiger partial charge on any atom is 0.218 e. The van der Waals surface area contributed by atoms with Gasteiger partial charge >= 0.3 is 0 Å². The summed E-state index contributed by atoms with van der Waals surface area (Å²) in [7, 11) is -1.90. The number of aliphatic hydroxyl groups excluding tert-OH is 1. The molecule has 12 nitrogen and oxygen atoms in total. The van der Waals surface area contributed by atoms with Crippen LogP contribution in [0, 0.1) is 11.3 Å². The smallest absolute Gasteiger partial charge is 0.218 e. The number of rotatable bonds is 10. The highest BCUT2D eigenvalue weighted by molar-refractivity contribution is 7.89. The zero-order valence-corrected chi connectivity index (χ0v) is 19.9. The minimum absolute atomic E-state index is 0.0170. The molecule has 2 aromatic rings. The molecule has 0 spiro atoms. The highest BCUT2D eigenvalue weighted by Crippen LogP contribution is 2.36. The van der Waals surface area contributed by atoms with Crippen LogP contribution in [0.4, 0.5) is 11.6 Å². The Morgan fingerprint density at radius 3 is 2.68 bits per heavy atom. The fourth-order valence-electron chi connectivity index (χ4n) is 4.83. The number of aromatic amines is 1. The van der Waals surface area contributed by atoms with Crippen LogP contribution in [0.3, 0.4) is 0 Å². The van der Waals surface area contributed by atoms with Crippen LogP contribution >= 0.6 is 0 Å². The fraction of sp³-hybridized carbons (Fsp3) is 0.619. The molecule has 0 aliphatic carbocycles. The summed E-state index contributed by atoms with van der Waals surface area (Å²) in [6.45, 7) is 0.261. The highest BCUT2D eigenvalue weighted by Gasteiger charge is 2.44. The number of aliphatic hydroxyl groups is 1. The molecule has 4 N–H and O–H groups in total. The number of aromatic nitrogens is 4. The summed E-state index contributed by atoms with van der Waals surface area (Å²) in [5.74, 6) is 1.85. The van der Waals surface area contributed by atoms with Gasteiger partial charge in [-0.1, -0.05) is 6.42 Å². The number of piperidine rings is 2. The summed E-state index contributed by atoms with van der Waals surface area (Å²) in [6.07, 6.45) is 4.14. The van der Waals surface area contributed by atoms with Gasteiger partial charge in [-0.3, -0.25) is 5.10 Å². The molecule has 4 heterocycles. The van der Waals surface area contributed by atoms with Crippen molar-refractivity contribution < 1.29 is 18.3 Å². The van der Waals surface area contributed by atoms with Gasteiger partial charge in [0.15, 0.2) is 5.82 Å². The Labute approximate surface area is 198 Å². The molecule has 0 radical (unpaired) electrons. The van der Waals surface area contributed by atoms with E-state index < -0.39 is 10.0 Å². The summed E-state index contributed by atoms with van der Waals surface area (Å²) in [4.78, 5) is 8.96. The Morgan fingerprint density at radius 1 is 1.26 bits per heavy atom. The normalized spacial score (nSPS) is 22.8. The minimum Gasteiger partial charge on any atom is -0.481 e. The lowest BCUT2D eigenvalue weighted by Gasteiger charge is -2.47. The summed E-state index contributed by atoms with van der Waals surface area (Å²) in [5.41, 5.74) is 0.581. The molecule has 2 aromatic heterocycles. The van der Waals surface area contributed by atoms with Gasteiger partial charge < -0.3 is 20.5 Å². The van der Waals surface area contributed by atoms with E-state index in [0.717, 1.165) is 19.3 Å². The number of nitrogens with zero attached hydrogens (tertiary/aromatic N) is 5. The molecule has 2 fully saturated rings. The van der Waals surface area contributed by atoms with Gasteiger partial charge in [-0.25, -0.2) is 13.4 Å². The van der Waals surface area contributed by atoms with Crippen LogP contribution < -0.4 is 15.4 Å². The number of nitrogens with one attached hydrogen (secondary N) is 3. The predicted octanol–water partition coefficient (Wildman–Crippen LogP) is 1.16. The molecule has 2 atom stereocenters. The second-order valence-corrected chi connectivity index (χ2v) is 10.6. The zero-order valence-electron chi connectivity index (χ0n) is 19.1. The van der Waals surface area contributed by atoms with Gasteiger partial charge in [-0.2, -0.15) is 19.6 Å². The van der Waals surface area contributed by atoms with E-state index in [1.807, 2.05) is 6.07 Å². The Hall–Kier alpha value is -2.79. The average Bonchev–Trinajstić information content (AvgIpc) is 3.28. The Balaban J connectivity index is 1.41. The van der Waals surface area contributed by atoms with Crippen LogP contribution in [0.2, 0.25) is 0 Å². The quantitative estimate of drug-likeness (QED) is 0.379. The first-order valence-corrected chi connectivity index (χ1v) is 13.0. The molecule has 0 saturated carbocycles. The first kappa shape index (κ1) is 24.3. The zero-order chi connectivity index (χ0) is 24.1. The van der Waals surface area contributed by atoms with Crippen LogP contribution in [-0.4, -0.2) is 69.0 Å². The van der Waals surface area contributed by atoms with Crippen molar-refractivity contribution in [3.63, 3.8) is 0 Å². The number of hydrogen-bond acceptors (Lipinski definition) is 10. The molecular weight excluding hydrogens is 460 g/mol. The number of hydrogen-bond donors (Lipinski definition) is 4. The first-order valence-electron chi connectivity index (χ1n) is 11.4. The average molecular weight is 491 g/mol. The standard InChI is InChI=1S/C21H30N8O4S/c1-33-21-11-18(24-19-10-15(13-30)27-28-19)25-20(26-21)12-23-14-8-16-4-2-5-17(9-14)29(16)34(31,32)7-3-6-22/h10-11,14,16-17,23,30H,2-5,7-9,12-13H2,1H3,(H2,24,25,26,27,28). The molecule has 4 rings (SSSR count). The summed E-state index contributed by atoms with van der Waals surface area (Å²) >= 11 is 0. The molecule has 2 saturated heterocycles. The lowest BCUT2D eigenvalue weighted by Crippen LogP contribution is -2.58. The van der Waals surface area contributed by atoms with E-state index in [1.54, 1.807) is 16.4 Å². The topological polar surface area (TPSA) is 169 Å². The van der Waals surface area contributed by atoms with Crippen molar-refractivity contribution in [2.75, 3.05) is 18.2 Å². The summed E-state index contributed by atoms with van der Waals surface area (Å²) < 4.78 is 32.6.